The van der Waals surface area contributed by atoms with Gasteiger partial charge in [0.2, 0.25) is 0 Å². The number of aromatic nitrogens is 2. The number of carbonyl (C=O) groups is 2. The molecule has 0 bridgehead atoms. The smallest absolute Gasteiger partial charge is 0.261 e. The van der Waals surface area contributed by atoms with E-state index in [0.29, 0.717) is 23.5 Å². The van der Waals surface area contributed by atoms with Gasteiger partial charge in [-0.2, -0.15) is 0 Å². The van der Waals surface area contributed by atoms with E-state index in [2.05, 4.69) is 20.6 Å². The Morgan fingerprint density at radius 3 is 2.59 bits per heavy atom. The summed E-state index contributed by atoms with van der Waals surface area (Å²) in [7, 11) is 0. The van der Waals surface area contributed by atoms with Crippen molar-refractivity contribution in [2.75, 3.05) is 13.1 Å². The van der Waals surface area contributed by atoms with Crippen LogP contribution in [-0.2, 0) is 0 Å². The molecule has 116 valence electrons. The quantitative estimate of drug-likeness (QED) is 0.796. The molecule has 0 aliphatic heterocycles. The van der Waals surface area contributed by atoms with Gasteiger partial charge in [0.1, 0.15) is 6.33 Å². The molecule has 0 aliphatic rings. The molecule has 2 aromatic rings. The van der Waals surface area contributed by atoms with Crippen LogP contribution in [0.1, 0.15) is 45.5 Å². The van der Waals surface area contributed by atoms with E-state index in [-0.39, 0.29) is 17.7 Å². The minimum absolute atomic E-state index is 0.129. The first-order valence-corrected chi connectivity index (χ1v) is 7.87. The molecule has 0 spiro atoms. The SMILES string of the molecule is CC(C)c1ncncc1C(=O)NCCNC(=O)c1cccs1. The summed E-state index contributed by atoms with van der Waals surface area (Å²) in [4.78, 5) is 32.6. The number of amides is 2. The van der Waals surface area contributed by atoms with Crippen molar-refractivity contribution in [3.05, 3.63) is 46.2 Å². The zero-order valence-electron chi connectivity index (χ0n) is 12.5. The predicted molar refractivity (Wildman–Crippen MR) is 85.1 cm³/mol. The van der Waals surface area contributed by atoms with Gasteiger partial charge in [-0.3, -0.25) is 9.59 Å². The number of carbonyl (C=O) groups excluding carboxylic acids is 2. The highest BCUT2D eigenvalue weighted by atomic mass is 32.1. The second-order valence-electron chi connectivity index (χ2n) is 4.97. The molecule has 7 heteroatoms. The Labute approximate surface area is 133 Å². The van der Waals surface area contributed by atoms with Gasteiger partial charge in [0.25, 0.3) is 11.8 Å². The third-order valence-electron chi connectivity index (χ3n) is 2.98. The van der Waals surface area contributed by atoms with E-state index >= 15 is 0 Å². The molecule has 2 rings (SSSR count). The van der Waals surface area contributed by atoms with Crippen LogP contribution in [0, 0.1) is 0 Å². The predicted octanol–water partition coefficient (Wildman–Crippen LogP) is 1.82. The standard InChI is InChI=1S/C15H18N4O2S/c1-10(2)13-11(8-16-9-19-13)14(20)17-5-6-18-15(21)12-4-3-7-22-12/h3-4,7-10H,5-6H2,1-2H3,(H,17,20)(H,18,21). The van der Waals surface area contributed by atoms with Gasteiger partial charge in [-0.15, -0.1) is 11.3 Å². The number of thiophene rings is 1. The second-order valence-corrected chi connectivity index (χ2v) is 5.91. The van der Waals surface area contributed by atoms with E-state index in [1.54, 1.807) is 6.07 Å². The Morgan fingerprint density at radius 2 is 1.95 bits per heavy atom. The molecule has 0 radical (unpaired) electrons. The summed E-state index contributed by atoms with van der Waals surface area (Å²) >= 11 is 1.38. The highest BCUT2D eigenvalue weighted by Gasteiger charge is 2.15. The molecule has 0 fully saturated rings. The van der Waals surface area contributed by atoms with Crippen LogP contribution in [-0.4, -0.2) is 34.9 Å². The molecule has 0 aliphatic carbocycles. The minimum atomic E-state index is -0.227. The fourth-order valence-electron chi connectivity index (χ4n) is 1.92. The number of nitrogens with one attached hydrogen (secondary N) is 2. The molecule has 0 saturated heterocycles. The third-order valence-corrected chi connectivity index (χ3v) is 3.84. The van der Waals surface area contributed by atoms with Crippen LogP contribution in [0.3, 0.4) is 0 Å². The summed E-state index contributed by atoms with van der Waals surface area (Å²) in [6.07, 6.45) is 2.95. The molecule has 0 unspecified atom stereocenters. The molecule has 2 aromatic heterocycles. The molecule has 0 aromatic carbocycles. The lowest BCUT2D eigenvalue weighted by Gasteiger charge is -2.11. The van der Waals surface area contributed by atoms with Crippen molar-refractivity contribution in [2.45, 2.75) is 19.8 Å². The van der Waals surface area contributed by atoms with Crippen molar-refractivity contribution in [2.24, 2.45) is 0 Å². The van der Waals surface area contributed by atoms with E-state index in [4.69, 9.17) is 0 Å². The molecule has 0 saturated carbocycles. The van der Waals surface area contributed by atoms with Crippen LogP contribution in [0.25, 0.3) is 0 Å². The first-order chi connectivity index (χ1) is 10.6. The van der Waals surface area contributed by atoms with Gasteiger partial charge < -0.3 is 10.6 Å². The van der Waals surface area contributed by atoms with Crippen LogP contribution in [0.2, 0.25) is 0 Å². The van der Waals surface area contributed by atoms with Crippen LogP contribution in [0.5, 0.6) is 0 Å². The third kappa shape index (κ3) is 4.11. The minimum Gasteiger partial charge on any atom is -0.350 e. The number of rotatable bonds is 6. The zero-order chi connectivity index (χ0) is 15.9. The van der Waals surface area contributed by atoms with Crippen molar-refractivity contribution in [3.8, 4) is 0 Å². The molecular formula is C15H18N4O2S. The molecule has 22 heavy (non-hydrogen) atoms. The highest BCUT2D eigenvalue weighted by molar-refractivity contribution is 7.12. The first-order valence-electron chi connectivity index (χ1n) is 6.99. The Kier molecular flexibility index (Phi) is 5.60. The normalized spacial score (nSPS) is 10.5. The van der Waals surface area contributed by atoms with Gasteiger partial charge in [0, 0.05) is 19.3 Å². The molecular weight excluding hydrogens is 300 g/mol. The average Bonchev–Trinajstić information content (AvgIpc) is 3.05. The van der Waals surface area contributed by atoms with Gasteiger partial charge in [0.15, 0.2) is 0 Å². The number of hydrogen-bond acceptors (Lipinski definition) is 5. The van der Waals surface area contributed by atoms with Crippen LogP contribution in [0.4, 0.5) is 0 Å². The zero-order valence-corrected chi connectivity index (χ0v) is 13.3. The molecule has 2 N–H and O–H groups in total. The largest absolute Gasteiger partial charge is 0.350 e. The topological polar surface area (TPSA) is 84.0 Å². The Morgan fingerprint density at radius 1 is 1.23 bits per heavy atom. The number of hydrogen-bond donors (Lipinski definition) is 2. The summed E-state index contributed by atoms with van der Waals surface area (Å²) in [6, 6.07) is 3.58. The van der Waals surface area contributed by atoms with Crippen LogP contribution >= 0.6 is 11.3 Å². The average molecular weight is 318 g/mol. The van der Waals surface area contributed by atoms with Crippen molar-refractivity contribution < 1.29 is 9.59 Å². The van der Waals surface area contributed by atoms with E-state index in [0.717, 1.165) is 5.69 Å². The summed E-state index contributed by atoms with van der Waals surface area (Å²) in [5, 5.41) is 7.37. The van der Waals surface area contributed by atoms with Crippen molar-refractivity contribution >= 4 is 23.2 Å². The maximum absolute atomic E-state index is 12.1. The van der Waals surface area contributed by atoms with Crippen molar-refractivity contribution in [1.29, 1.82) is 0 Å². The molecule has 2 amide bonds. The molecule has 0 atom stereocenters. The van der Waals surface area contributed by atoms with E-state index in [1.807, 2.05) is 25.3 Å². The number of nitrogens with zero attached hydrogens (tertiary/aromatic N) is 2. The first kappa shape index (κ1) is 16.1. The fourth-order valence-corrected chi connectivity index (χ4v) is 2.56. The summed E-state index contributed by atoms with van der Waals surface area (Å²) in [5.74, 6) is -0.216. The van der Waals surface area contributed by atoms with Crippen molar-refractivity contribution in [3.63, 3.8) is 0 Å². The highest BCUT2D eigenvalue weighted by Crippen LogP contribution is 2.15. The van der Waals surface area contributed by atoms with Gasteiger partial charge in [-0.05, 0) is 17.4 Å². The molecule has 6 nitrogen and oxygen atoms in total. The van der Waals surface area contributed by atoms with Gasteiger partial charge in [-0.1, -0.05) is 19.9 Å². The lowest BCUT2D eigenvalue weighted by atomic mass is 10.0. The maximum Gasteiger partial charge on any atom is 0.261 e. The Hall–Kier alpha value is -2.28. The maximum atomic E-state index is 12.1. The summed E-state index contributed by atoms with van der Waals surface area (Å²) < 4.78 is 0. The van der Waals surface area contributed by atoms with Gasteiger partial charge >= 0.3 is 0 Å². The van der Waals surface area contributed by atoms with E-state index in [9.17, 15) is 9.59 Å². The summed E-state index contributed by atoms with van der Waals surface area (Å²) in [5.41, 5.74) is 1.19. The molecule has 2 heterocycles. The van der Waals surface area contributed by atoms with E-state index in [1.165, 1.54) is 23.9 Å². The van der Waals surface area contributed by atoms with Crippen LogP contribution in [0.15, 0.2) is 30.0 Å². The summed E-state index contributed by atoms with van der Waals surface area (Å²) in [6.45, 7) is 4.66. The van der Waals surface area contributed by atoms with Gasteiger partial charge in [-0.25, -0.2) is 9.97 Å². The Balaban J connectivity index is 1.82. The fraction of sp³-hybridized carbons (Fsp3) is 0.333. The second kappa shape index (κ2) is 7.65. The lowest BCUT2D eigenvalue weighted by Crippen LogP contribution is -2.35. The van der Waals surface area contributed by atoms with Gasteiger partial charge in [0.05, 0.1) is 16.1 Å². The van der Waals surface area contributed by atoms with Crippen molar-refractivity contribution in [1.82, 2.24) is 20.6 Å². The van der Waals surface area contributed by atoms with E-state index < -0.39 is 0 Å². The monoisotopic (exact) mass is 318 g/mol. The Bertz CT molecular complexity index is 641. The lowest BCUT2D eigenvalue weighted by molar-refractivity contribution is 0.0928. The van der Waals surface area contributed by atoms with Crippen LogP contribution < -0.4 is 10.6 Å².